The van der Waals surface area contributed by atoms with Crippen molar-refractivity contribution in [3.63, 3.8) is 0 Å². The van der Waals surface area contributed by atoms with E-state index in [4.69, 9.17) is 10.5 Å². The predicted molar refractivity (Wildman–Crippen MR) is 103 cm³/mol. The van der Waals surface area contributed by atoms with Crippen LogP contribution in [0.5, 0.6) is 5.75 Å². The number of carbonyl (C=O) groups is 2. The minimum atomic E-state index is -0.516. The Hall–Kier alpha value is -3.53. The van der Waals surface area contributed by atoms with Gasteiger partial charge in [-0.2, -0.15) is 5.10 Å². The number of para-hydroxylation sites is 1. The summed E-state index contributed by atoms with van der Waals surface area (Å²) in [5.74, 6) is -0.340. The van der Waals surface area contributed by atoms with Crippen molar-refractivity contribution in [2.24, 2.45) is 5.73 Å². The van der Waals surface area contributed by atoms with E-state index in [1.807, 2.05) is 18.2 Å². The molecule has 0 saturated heterocycles. The van der Waals surface area contributed by atoms with Crippen LogP contribution in [0, 0.1) is 0 Å². The predicted octanol–water partition coefficient (Wildman–Crippen LogP) is 1.06. The Morgan fingerprint density at radius 2 is 1.96 bits per heavy atom. The second-order valence-corrected chi connectivity index (χ2v) is 6.54. The molecular weight excluding hydrogens is 382 g/mol. The normalized spacial score (nSPS) is 10.4. The minimum Gasteiger partial charge on any atom is -0.492 e. The van der Waals surface area contributed by atoms with Crippen LogP contribution in [-0.2, 0) is 17.8 Å². The fourth-order valence-corrected chi connectivity index (χ4v) is 2.99. The zero-order valence-electron chi connectivity index (χ0n) is 14.7. The average Bonchev–Trinajstić information content (AvgIpc) is 3.10. The zero-order chi connectivity index (χ0) is 19.9. The molecule has 144 valence electrons. The third-order valence-electron chi connectivity index (χ3n) is 3.54. The van der Waals surface area contributed by atoms with E-state index in [1.54, 1.807) is 17.5 Å². The average molecular weight is 399 g/mol. The Kier molecular flexibility index (Phi) is 6.12. The third-order valence-corrected chi connectivity index (χ3v) is 4.35. The molecule has 0 radical (unpaired) electrons. The van der Waals surface area contributed by atoms with Gasteiger partial charge in [0.1, 0.15) is 18.1 Å². The first-order chi connectivity index (χ1) is 13.5. The van der Waals surface area contributed by atoms with Crippen LogP contribution in [0.3, 0.4) is 0 Å². The molecule has 0 aliphatic carbocycles. The lowest BCUT2D eigenvalue weighted by Crippen LogP contribution is -2.28. The number of nitrogens with zero attached hydrogens (tertiary/aromatic N) is 3. The monoisotopic (exact) mass is 399 g/mol. The number of anilines is 1. The van der Waals surface area contributed by atoms with Gasteiger partial charge in [-0.25, -0.2) is 9.67 Å². The Morgan fingerprint density at radius 3 is 2.71 bits per heavy atom. The molecule has 0 aliphatic rings. The van der Waals surface area contributed by atoms with E-state index in [0.29, 0.717) is 16.6 Å². The lowest BCUT2D eigenvalue weighted by Gasteiger charge is -2.08. The number of nitrogens with one attached hydrogen (secondary N) is 1. The first kappa shape index (κ1) is 19.2. The van der Waals surface area contributed by atoms with Crippen molar-refractivity contribution in [1.29, 1.82) is 0 Å². The van der Waals surface area contributed by atoms with Gasteiger partial charge in [-0.1, -0.05) is 18.2 Å². The quantitative estimate of drug-likeness (QED) is 0.583. The zero-order valence-corrected chi connectivity index (χ0v) is 15.5. The number of ether oxygens (including phenoxy) is 1. The van der Waals surface area contributed by atoms with E-state index in [0.717, 1.165) is 4.68 Å². The number of nitrogens with two attached hydrogens (primary N) is 1. The van der Waals surface area contributed by atoms with Crippen molar-refractivity contribution in [2.45, 2.75) is 13.0 Å². The molecule has 0 atom stereocenters. The van der Waals surface area contributed by atoms with Crippen LogP contribution in [0.4, 0.5) is 5.13 Å². The summed E-state index contributed by atoms with van der Waals surface area (Å²) in [6, 6.07) is 11.8. The molecule has 2 heterocycles. The van der Waals surface area contributed by atoms with Crippen molar-refractivity contribution >= 4 is 28.3 Å². The molecule has 9 nitrogen and oxygen atoms in total. The lowest BCUT2D eigenvalue weighted by atomic mass is 10.3. The van der Waals surface area contributed by atoms with Gasteiger partial charge in [-0.3, -0.25) is 19.7 Å². The van der Waals surface area contributed by atoms with Gasteiger partial charge >= 0.3 is 0 Å². The highest BCUT2D eigenvalue weighted by Gasteiger charge is 2.13. The molecule has 2 amide bonds. The van der Waals surface area contributed by atoms with E-state index in [9.17, 15) is 14.4 Å². The van der Waals surface area contributed by atoms with Gasteiger partial charge in [-0.15, -0.1) is 11.3 Å². The van der Waals surface area contributed by atoms with Gasteiger partial charge in [0, 0.05) is 11.4 Å². The number of hydrogen-bond acceptors (Lipinski definition) is 7. The third kappa shape index (κ3) is 5.24. The molecule has 0 unspecified atom stereocenters. The van der Waals surface area contributed by atoms with Crippen LogP contribution >= 0.6 is 11.3 Å². The maximum atomic E-state index is 12.4. The summed E-state index contributed by atoms with van der Waals surface area (Å²) in [5, 5.41) is 8.61. The number of aromatic nitrogens is 3. The molecule has 1 aromatic carbocycles. The van der Waals surface area contributed by atoms with Crippen molar-refractivity contribution < 1.29 is 14.3 Å². The van der Waals surface area contributed by atoms with Gasteiger partial charge < -0.3 is 10.5 Å². The largest absolute Gasteiger partial charge is 0.492 e. The smallest absolute Gasteiger partial charge is 0.277 e. The molecule has 3 rings (SSSR count). The van der Waals surface area contributed by atoms with E-state index in [-0.39, 0.29) is 30.8 Å². The molecule has 10 heteroatoms. The van der Waals surface area contributed by atoms with Gasteiger partial charge in [-0.05, 0) is 18.2 Å². The van der Waals surface area contributed by atoms with Crippen LogP contribution in [0.1, 0.15) is 16.2 Å². The lowest BCUT2D eigenvalue weighted by molar-refractivity contribution is -0.117. The van der Waals surface area contributed by atoms with E-state index < -0.39 is 11.8 Å². The van der Waals surface area contributed by atoms with Crippen molar-refractivity contribution in [2.75, 3.05) is 11.9 Å². The maximum Gasteiger partial charge on any atom is 0.277 e. The molecule has 0 fully saturated rings. The number of hydrogen-bond donors (Lipinski definition) is 2. The molecule has 0 bridgehead atoms. The van der Waals surface area contributed by atoms with Crippen molar-refractivity contribution in [3.8, 4) is 5.75 Å². The van der Waals surface area contributed by atoms with Crippen LogP contribution in [0.15, 0.2) is 52.6 Å². The van der Waals surface area contributed by atoms with Crippen LogP contribution in [-0.4, -0.2) is 33.2 Å². The summed E-state index contributed by atoms with van der Waals surface area (Å²) in [5.41, 5.74) is 5.32. The Balaban J connectivity index is 1.63. The molecule has 0 spiro atoms. The highest BCUT2D eigenvalue weighted by Crippen LogP contribution is 2.16. The van der Waals surface area contributed by atoms with Gasteiger partial charge in [0.25, 0.3) is 11.5 Å². The van der Waals surface area contributed by atoms with Crippen LogP contribution < -0.4 is 21.3 Å². The van der Waals surface area contributed by atoms with Crippen molar-refractivity contribution in [3.05, 3.63) is 69.6 Å². The molecule has 3 aromatic rings. The molecule has 0 aliphatic heterocycles. The first-order valence-corrected chi connectivity index (χ1v) is 9.19. The van der Waals surface area contributed by atoms with Crippen LogP contribution in [0.2, 0.25) is 0 Å². The Bertz CT molecular complexity index is 1030. The fourth-order valence-electron chi connectivity index (χ4n) is 2.28. The molecule has 0 saturated carbocycles. The Morgan fingerprint density at radius 1 is 1.18 bits per heavy atom. The van der Waals surface area contributed by atoms with Crippen LogP contribution in [0.25, 0.3) is 0 Å². The van der Waals surface area contributed by atoms with E-state index in [1.165, 1.54) is 23.5 Å². The summed E-state index contributed by atoms with van der Waals surface area (Å²) in [4.78, 5) is 39.3. The van der Waals surface area contributed by atoms with Gasteiger partial charge in [0.05, 0.1) is 18.7 Å². The van der Waals surface area contributed by atoms with E-state index in [2.05, 4.69) is 15.4 Å². The standard InChI is InChI=1S/C18H17N5O4S/c19-15(24)10-12-11-28-18(20-12)21-17(26)14-6-7-16(25)23(22-14)8-9-27-13-4-2-1-3-5-13/h1-7,11H,8-10H2,(H2,19,24)(H,20,21,26). The maximum absolute atomic E-state index is 12.4. The number of primary amides is 1. The highest BCUT2D eigenvalue weighted by molar-refractivity contribution is 7.14. The van der Waals surface area contributed by atoms with Gasteiger partial charge in [0.15, 0.2) is 5.13 Å². The number of benzene rings is 1. The number of thiazole rings is 1. The fraction of sp³-hybridized carbons (Fsp3) is 0.167. The van der Waals surface area contributed by atoms with E-state index >= 15 is 0 Å². The SMILES string of the molecule is NC(=O)Cc1csc(NC(=O)c2ccc(=O)n(CCOc3ccccc3)n2)n1. The second-order valence-electron chi connectivity index (χ2n) is 5.68. The highest BCUT2D eigenvalue weighted by atomic mass is 32.1. The van der Waals surface area contributed by atoms with Gasteiger partial charge in [0.2, 0.25) is 5.91 Å². The first-order valence-electron chi connectivity index (χ1n) is 8.31. The summed E-state index contributed by atoms with van der Waals surface area (Å²) in [6.07, 6.45) is -0.00306. The summed E-state index contributed by atoms with van der Waals surface area (Å²) in [7, 11) is 0. The Labute approximate surface area is 163 Å². The number of amides is 2. The topological polar surface area (TPSA) is 129 Å². The summed E-state index contributed by atoms with van der Waals surface area (Å²) >= 11 is 1.17. The summed E-state index contributed by atoms with van der Waals surface area (Å²) in [6.45, 7) is 0.416. The minimum absolute atomic E-state index is 0.00306. The van der Waals surface area contributed by atoms with Crippen molar-refractivity contribution in [1.82, 2.24) is 14.8 Å². The number of rotatable bonds is 8. The molecule has 3 N–H and O–H groups in total. The second kappa shape index (κ2) is 8.91. The molecule has 28 heavy (non-hydrogen) atoms. The summed E-state index contributed by atoms with van der Waals surface area (Å²) < 4.78 is 6.71. The number of carbonyl (C=O) groups excluding carboxylic acids is 2. The molecular formula is C18H17N5O4S. The molecule has 2 aromatic heterocycles.